The number of hydrogen-bond acceptors (Lipinski definition) is 6. The van der Waals surface area contributed by atoms with Crippen LogP contribution in [-0.4, -0.2) is 43.3 Å². The molecule has 1 spiro atoms. The van der Waals surface area contributed by atoms with Crippen molar-refractivity contribution in [3.63, 3.8) is 0 Å². The fourth-order valence-corrected chi connectivity index (χ4v) is 6.56. The van der Waals surface area contributed by atoms with Crippen LogP contribution in [0.4, 0.5) is 4.39 Å². The molecule has 0 bridgehead atoms. The van der Waals surface area contributed by atoms with Crippen molar-refractivity contribution in [1.82, 2.24) is 9.62 Å². The van der Waals surface area contributed by atoms with E-state index >= 15 is 0 Å². The maximum atomic E-state index is 13.1. The lowest BCUT2D eigenvalue weighted by atomic mass is 9.83. The lowest BCUT2D eigenvalue weighted by molar-refractivity contribution is -0.150. The summed E-state index contributed by atoms with van der Waals surface area (Å²) < 4.78 is 45.9. The third-order valence-electron chi connectivity index (χ3n) is 5.64. The number of hydrogen-bond donors (Lipinski definition) is 1. The molecule has 0 saturated carbocycles. The molecule has 0 radical (unpaired) electrons. The van der Waals surface area contributed by atoms with Crippen LogP contribution in [0.15, 0.2) is 57.1 Å². The molecule has 1 aromatic heterocycles. The number of esters is 1. The predicted molar refractivity (Wildman–Crippen MR) is 112 cm³/mol. The molecule has 4 rings (SSSR count). The van der Waals surface area contributed by atoms with E-state index in [-0.39, 0.29) is 53.6 Å². The van der Waals surface area contributed by atoms with E-state index in [1.807, 2.05) is 0 Å². The summed E-state index contributed by atoms with van der Waals surface area (Å²) in [6, 6.07) is 8.97. The average molecular weight is 465 g/mol. The van der Waals surface area contributed by atoms with E-state index in [1.165, 1.54) is 16.4 Å². The molecule has 1 N–H and O–H groups in total. The molecule has 1 aromatic carbocycles. The highest BCUT2D eigenvalue weighted by molar-refractivity contribution is 7.91. The minimum absolute atomic E-state index is 0.134. The van der Waals surface area contributed by atoms with Gasteiger partial charge in [-0.05, 0) is 36.1 Å². The van der Waals surface area contributed by atoms with Gasteiger partial charge in [-0.15, -0.1) is 11.3 Å². The van der Waals surface area contributed by atoms with Gasteiger partial charge in [-0.2, -0.15) is 4.31 Å². The average Bonchev–Trinajstić information content (AvgIpc) is 3.36. The molecule has 1 saturated heterocycles. The summed E-state index contributed by atoms with van der Waals surface area (Å²) in [4.78, 5) is 25.3. The molecular formula is C21H21FN2O5S2. The molecule has 0 aliphatic carbocycles. The summed E-state index contributed by atoms with van der Waals surface area (Å²) in [5.41, 5.74) is 0.0401. The SMILES string of the molecule is CC1=C(C(=O)NCc2ccc(F)cc2)C2(CCN(S(=O)(=O)c3cccs3)CC2)OC1=O. The van der Waals surface area contributed by atoms with Crippen LogP contribution < -0.4 is 5.32 Å². The van der Waals surface area contributed by atoms with Crippen LogP contribution >= 0.6 is 11.3 Å². The number of rotatable bonds is 5. The Bertz CT molecular complexity index is 1130. The van der Waals surface area contributed by atoms with Gasteiger partial charge in [0.2, 0.25) is 0 Å². The summed E-state index contributed by atoms with van der Waals surface area (Å²) in [6.07, 6.45) is 0.389. The molecule has 2 aliphatic rings. The van der Waals surface area contributed by atoms with E-state index in [2.05, 4.69) is 5.32 Å². The number of thiophene rings is 1. The first-order valence-electron chi connectivity index (χ1n) is 9.74. The molecule has 164 valence electrons. The third kappa shape index (κ3) is 4.02. The van der Waals surface area contributed by atoms with Crippen molar-refractivity contribution in [2.75, 3.05) is 13.1 Å². The van der Waals surface area contributed by atoms with Gasteiger partial charge in [0.1, 0.15) is 15.6 Å². The molecule has 3 heterocycles. The van der Waals surface area contributed by atoms with Gasteiger partial charge in [-0.3, -0.25) is 4.79 Å². The fraction of sp³-hybridized carbons (Fsp3) is 0.333. The number of nitrogens with zero attached hydrogens (tertiary/aromatic N) is 1. The third-order valence-corrected chi connectivity index (χ3v) is 8.91. The van der Waals surface area contributed by atoms with Crippen molar-refractivity contribution in [1.29, 1.82) is 0 Å². The van der Waals surface area contributed by atoms with Crippen molar-refractivity contribution in [2.24, 2.45) is 0 Å². The van der Waals surface area contributed by atoms with E-state index in [0.29, 0.717) is 5.56 Å². The topological polar surface area (TPSA) is 92.8 Å². The van der Waals surface area contributed by atoms with Crippen LogP contribution in [-0.2, 0) is 30.9 Å². The van der Waals surface area contributed by atoms with Gasteiger partial charge in [-0.25, -0.2) is 17.6 Å². The Balaban J connectivity index is 1.49. The number of nitrogens with one attached hydrogen (secondary N) is 1. The van der Waals surface area contributed by atoms with Crippen molar-refractivity contribution in [3.05, 3.63) is 64.3 Å². The zero-order valence-corrected chi connectivity index (χ0v) is 18.4. The Morgan fingerprint density at radius 3 is 2.52 bits per heavy atom. The molecule has 1 amide bonds. The van der Waals surface area contributed by atoms with Crippen LogP contribution in [0.3, 0.4) is 0 Å². The molecule has 7 nitrogen and oxygen atoms in total. The summed E-state index contributed by atoms with van der Waals surface area (Å²) >= 11 is 1.15. The maximum absolute atomic E-state index is 13.1. The number of amides is 1. The number of carbonyl (C=O) groups excluding carboxylic acids is 2. The van der Waals surface area contributed by atoms with Crippen molar-refractivity contribution >= 4 is 33.2 Å². The summed E-state index contributed by atoms with van der Waals surface area (Å²) in [7, 11) is -3.62. The normalized spacial score (nSPS) is 19.0. The first-order valence-corrected chi connectivity index (χ1v) is 12.1. The van der Waals surface area contributed by atoms with Gasteiger partial charge in [0.05, 0.1) is 5.57 Å². The number of ether oxygens (including phenoxy) is 1. The zero-order chi connectivity index (χ0) is 22.2. The second-order valence-electron chi connectivity index (χ2n) is 7.53. The number of halogens is 1. The minimum atomic E-state index is -3.62. The first kappa shape index (κ1) is 21.7. The van der Waals surface area contributed by atoms with Gasteiger partial charge >= 0.3 is 5.97 Å². The maximum Gasteiger partial charge on any atom is 0.335 e. The predicted octanol–water partition coefficient (Wildman–Crippen LogP) is 2.60. The van der Waals surface area contributed by atoms with E-state index in [1.54, 1.807) is 36.6 Å². The Hall–Kier alpha value is -2.56. The highest BCUT2D eigenvalue weighted by atomic mass is 32.2. The van der Waals surface area contributed by atoms with Gasteiger partial charge in [0.25, 0.3) is 15.9 Å². The smallest absolute Gasteiger partial charge is 0.335 e. The molecule has 10 heteroatoms. The Kier molecular flexibility index (Phi) is 5.71. The Morgan fingerprint density at radius 2 is 1.90 bits per heavy atom. The van der Waals surface area contributed by atoms with E-state index in [0.717, 1.165) is 11.3 Å². The summed E-state index contributed by atoms with van der Waals surface area (Å²) in [5, 5.41) is 4.47. The monoisotopic (exact) mass is 464 g/mol. The molecule has 1 fully saturated rings. The number of piperidine rings is 1. The van der Waals surface area contributed by atoms with Crippen LogP contribution in [0, 0.1) is 5.82 Å². The molecule has 2 aliphatic heterocycles. The standard InChI is InChI=1S/C21H21FN2O5S2/c1-14-18(19(25)23-13-15-4-6-16(22)7-5-15)21(29-20(14)26)8-10-24(11-9-21)31(27,28)17-3-2-12-30-17/h2-7,12H,8-11,13H2,1H3,(H,23,25). The number of carbonyl (C=O) groups is 2. The Labute approximate surface area is 183 Å². The van der Waals surface area contributed by atoms with E-state index < -0.39 is 27.5 Å². The largest absolute Gasteiger partial charge is 0.450 e. The minimum Gasteiger partial charge on any atom is -0.450 e. The van der Waals surface area contributed by atoms with Crippen LogP contribution in [0.2, 0.25) is 0 Å². The molecule has 31 heavy (non-hydrogen) atoms. The second kappa shape index (κ2) is 8.18. The van der Waals surface area contributed by atoms with Crippen LogP contribution in [0.5, 0.6) is 0 Å². The molecule has 0 atom stereocenters. The number of benzene rings is 1. The molecule has 0 unspecified atom stereocenters. The second-order valence-corrected chi connectivity index (χ2v) is 10.6. The first-order chi connectivity index (χ1) is 14.7. The van der Waals surface area contributed by atoms with E-state index in [4.69, 9.17) is 4.74 Å². The van der Waals surface area contributed by atoms with Gasteiger partial charge < -0.3 is 10.1 Å². The number of sulfonamides is 1. The molecule has 2 aromatic rings. The highest BCUT2D eigenvalue weighted by Crippen LogP contribution is 2.42. The van der Waals surface area contributed by atoms with Gasteiger partial charge in [0.15, 0.2) is 0 Å². The lowest BCUT2D eigenvalue weighted by Crippen LogP contribution is -2.50. The van der Waals surface area contributed by atoms with Crippen LogP contribution in [0.25, 0.3) is 0 Å². The summed E-state index contributed by atoms with van der Waals surface area (Å²) in [5.74, 6) is -1.38. The quantitative estimate of drug-likeness (QED) is 0.687. The van der Waals surface area contributed by atoms with Crippen molar-refractivity contribution in [2.45, 2.75) is 36.1 Å². The lowest BCUT2D eigenvalue weighted by Gasteiger charge is -2.38. The van der Waals surface area contributed by atoms with Crippen molar-refractivity contribution < 1.29 is 27.1 Å². The highest BCUT2D eigenvalue weighted by Gasteiger charge is 2.52. The molecular weight excluding hydrogens is 443 g/mol. The summed E-state index contributed by atoms with van der Waals surface area (Å²) in [6.45, 7) is 1.97. The van der Waals surface area contributed by atoms with E-state index in [9.17, 15) is 22.4 Å². The zero-order valence-electron chi connectivity index (χ0n) is 16.8. The fourth-order valence-electron chi connectivity index (χ4n) is 3.98. The Morgan fingerprint density at radius 1 is 1.23 bits per heavy atom. The van der Waals surface area contributed by atoms with Crippen molar-refractivity contribution in [3.8, 4) is 0 Å². The van der Waals surface area contributed by atoms with Crippen LogP contribution in [0.1, 0.15) is 25.3 Å². The van der Waals surface area contributed by atoms with Gasteiger partial charge in [0, 0.05) is 38.0 Å². The van der Waals surface area contributed by atoms with Gasteiger partial charge in [-0.1, -0.05) is 18.2 Å².